The van der Waals surface area contributed by atoms with Gasteiger partial charge >= 0.3 is 0 Å². The third-order valence-electron chi connectivity index (χ3n) is 11.4. The van der Waals surface area contributed by atoms with E-state index in [-0.39, 0.29) is 6.17 Å². The fourth-order valence-corrected chi connectivity index (χ4v) is 8.41. The Morgan fingerprint density at radius 2 is 1.10 bits per heavy atom. The average Bonchev–Trinajstić information content (AvgIpc) is 3.71. The van der Waals surface area contributed by atoms with Crippen molar-refractivity contribution < 1.29 is 0 Å². The van der Waals surface area contributed by atoms with Crippen LogP contribution in [0.5, 0.6) is 0 Å². The molecule has 2 atom stereocenters. The molecule has 2 aliphatic rings. The summed E-state index contributed by atoms with van der Waals surface area (Å²) < 4.78 is 0. The molecule has 0 saturated heterocycles. The zero-order valence-corrected chi connectivity index (χ0v) is 33.3. The minimum absolute atomic E-state index is 0.165. The van der Waals surface area contributed by atoms with Crippen molar-refractivity contribution in [2.45, 2.75) is 25.7 Å². The van der Waals surface area contributed by atoms with Gasteiger partial charge in [-0.3, -0.25) is 0 Å². The maximum absolute atomic E-state index is 6.53. The minimum Gasteiger partial charge on any atom is -0.399 e. The number of nitrogen functional groups attached to an aromatic ring is 1. The molecule has 6 nitrogen and oxygen atoms in total. The van der Waals surface area contributed by atoms with Crippen LogP contribution < -0.4 is 21.3 Å². The topological polar surface area (TPSA) is 78.0 Å². The van der Waals surface area contributed by atoms with Gasteiger partial charge in [-0.2, -0.15) is 0 Å². The highest BCUT2D eigenvalue weighted by atomic mass is 15.3. The summed E-state index contributed by atoms with van der Waals surface area (Å²) in [5.41, 5.74) is 22.6. The minimum atomic E-state index is -0.400. The van der Waals surface area contributed by atoms with Crippen LogP contribution in [0.4, 0.5) is 22.7 Å². The Labute approximate surface area is 351 Å². The van der Waals surface area contributed by atoms with Crippen LogP contribution in [0.25, 0.3) is 44.5 Å². The van der Waals surface area contributed by atoms with Crippen molar-refractivity contribution in [3.63, 3.8) is 0 Å². The summed E-state index contributed by atoms with van der Waals surface area (Å²) in [5.74, 6) is 1.45. The molecule has 0 radical (unpaired) electrons. The lowest BCUT2D eigenvalue weighted by molar-refractivity contribution is 0.674. The first-order chi connectivity index (χ1) is 29.6. The van der Waals surface area contributed by atoms with E-state index in [0.717, 1.165) is 90.5 Å². The number of amidine groups is 2. The Hall–Kier alpha value is -7.70. The number of nitrogens with zero attached hydrogens (tertiary/aromatic N) is 3. The fraction of sp³-hybridized carbons (Fsp3) is 0.0741. The van der Waals surface area contributed by atoms with E-state index in [0.29, 0.717) is 5.84 Å². The van der Waals surface area contributed by atoms with Crippen LogP contribution in [-0.4, -0.2) is 17.8 Å². The smallest absolute Gasteiger partial charge is 0.159 e. The van der Waals surface area contributed by atoms with Gasteiger partial charge in [-0.15, -0.1) is 0 Å². The SMILES string of the molecule is CCC1Nc2ccccc2N1c1cccc(-c2cc(N)ccc2-c2cccc(C3N=C(c4cccc(-c5ccccc5)c4)N=C(c4cccc(-c5ccccc5)c4)N3)c2)c1. The number of rotatable bonds is 9. The molecule has 0 saturated carbocycles. The molecule has 290 valence electrons. The number of anilines is 4. The molecule has 8 aromatic carbocycles. The molecule has 60 heavy (non-hydrogen) atoms. The van der Waals surface area contributed by atoms with Gasteiger partial charge in [0, 0.05) is 22.5 Å². The summed E-state index contributed by atoms with van der Waals surface area (Å²) >= 11 is 0. The van der Waals surface area contributed by atoms with E-state index in [9.17, 15) is 0 Å². The number of hydrogen-bond acceptors (Lipinski definition) is 6. The number of nitrogens with two attached hydrogens (primary N) is 1. The number of aliphatic imine (C=N–C) groups is 2. The lowest BCUT2D eigenvalue weighted by Crippen LogP contribution is -2.33. The molecule has 0 fully saturated rings. The van der Waals surface area contributed by atoms with E-state index >= 15 is 0 Å². The van der Waals surface area contributed by atoms with Crippen LogP contribution in [0, 0.1) is 0 Å². The van der Waals surface area contributed by atoms with Gasteiger partial charge in [-0.25, -0.2) is 9.98 Å². The molecule has 0 spiro atoms. The van der Waals surface area contributed by atoms with E-state index in [1.807, 2.05) is 18.2 Å². The van der Waals surface area contributed by atoms with E-state index < -0.39 is 6.17 Å². The van der Waals surface area contributed by atoms with Crippen molar-refractivity contribution in [1.82, 2.24) is 5.32 Å². The van der Waals surface area contributed by atoms with Crippen molar-refractivity contribution in [3.8, 4) is 44.5 Å². The van der Waals surface area contributed by atoms with Crippen LogP contribution in [0.1, 0.15) is 36.2 Å². The second kappa shape index (κ2) is 15.9. The Kier molecular flexibility index (Phi) is 9.72. The third-order valence-corrected chi connectivity index (χ3v) is 11.4. The first kappa shape index (κ1) is 36.6. The van der Waals surface area contributed by atoms with Gasteiger partial charge in [-0.1, -0.05) is 153 Å². The molecule has 4 N–H and O–H groups in total. The maximum Gasteiger partial charge on any atom is 0.159 e. The summed E-state index contributed by atoms with van der Waals surface area (Å²) in [6.07, 6.45) is 0.721. The number of para-hydroxylation sites is 2. The molecule has 2 heterocycles. The van der Waals surface area contributed by atoms with Crippen molar-refractivity contribution >= 4 is 34.4 Å². The Morgan fingerprint density at radius 1 is 0.500 bits per heavy atom. The normalized spacial score (nSPS) is 15.7. The predicted molar refractivity (Wildman–Crippen MR) is 251 cm³/mol. The third kappa shape index (κ3) is 7.20. The van der Waals surface area contributed by atoms with E-state index in [2.05, 4.69) is 204 Å². The molecule has 2 unspecified atom stereocenters. The van der Waals surface area contributed by atoms with Crippen LogP contribution in [0.2, 0.25) is 0 Å². The highest BCUT2D eigenvalue weighted by Crippen LogP contribution is 2.43. The summed E-state index contributed by atoms with van der Waals surface area (Å²) in [4.78, 5) is 12.9. The highest BCUT2D eigenvalue weighted by Gasteiger charge is 2.29. The molecule has 0 amide bonds. The van der Waals surface area contributed by atoms with Crippen LogP contribution in [-0.2, 0) is 0 Å². The maximum atomic E-state index is 6.53. The number of nitrogens with one attached hydrogen (secondary N) is 2. The lowest BCUT2D eigenvalue weighted by Gasteiger charge is -2.27. The van der Waals surface area contributed by atoms with Gasteiger partial charge in [0.15, 0.2) is 5.84 Å². The Morgan fingerprint density at radius 3 is 1.85 bits per heavy atom. The van der Waals surface area contributed by atoms with Crippen molar-refractivity contribution in [3.05, 3.63) is 217 Å². The summed E-state index contributed by atoms with van der Waals surface area (Å²) in [7, 11) is 0. The second-order valence-corrected chi connectivity index (χ2v) is 15.3. The quantitative estimate of drug-likeness (QED) is 0.128. The van der Waals surface area contributed by atoms with E-state index in [1.165, 1.54) is 5.69 Å². The molecule has 0 aromatic heterocycles. The van der Waals surface area contributed by atoms with Crippen molar-refractivity contribution in [2.75, 3.05) is 16.0 Å². The molecular weight excluding hydrogens is 733 g/mol. The molecule has 2 aliphatic heterocycles. The highest BCUT2D eigenvalue weighted by molar-refractivity contribution is 6.13. The fourth-order valence-electron chi connectivity index (χ4n) is 8.41. The van der Waals surface area contributed by atoms with E-state index in [4.69, 9.17) is 15.7 Å². The van der Waals surface area contributed by atoms with Crippen LogP contribution >= 0.6 is 0 Å². The molecule has 0 bridgehead atoms. The zero-order valence-electron chi connectivity index (χ0n) is 33.3. The largest absolute Gasteiger partial charge is 0.399 e. The van der Waals surface area contributed by atoms with E-state index in [1.54, 1.807) is 0 Å². The number of benzene rings is 8. The molecule has 0 aliphatic carbocycles. The van der Waals surface area contributed by atoms with Gasteiger partial charge in [0.1, 0.15) is 18.2 Å². The average molecular weight is 777 g/mol. The Bertz CT molecular complexity index is 2900. The monoisotopic (exact) mass is 776 g/mol. The van der Waals surface area contributed by atoms with Crippen molar-refractivity contribution in [2.24, 2.45) is 9.98 Å². The van der Waals surface area contributed by atoms with Crippen LogP contribution in [0.3, 0.4) is 0 Å². The molecule has 6 heteroatoms. The molecular formula is C54H44N6. The standard InChI is InChI=1S/C54H44N6/c1-2-51-56-49-27-9-10-28-50(49)60(51)46-26-14-22-41(34-46)48-35-45(55)29-30-47(48)40-21-13-25-44(33-40)54-58-52(42-23-11-19-38(31-42)36-15-5-3-6-16-36)57-53(59-54)43-24-12-20-39(32-43)37-17-7-4-8-18-37/h3-35,51,54,56H,2,55H2,1H3,(H,57,58,59). The lowest BCUT2D eigenvalue weighted by atomic mass is 9.92. The van der Waals surface area contributed by atoms with Gasteiger partial charge in [0.05, 0.1) is 11.4 Å². The second-order valence-electron chi connectivity index (χ2n) is 15.3. The summed E-state index contributed by atoms with van der Waals surface area (Å²) in [5, 5.41) is 7.44. The number of hydrogen-bond donors (Lipinski definition) is 3. The zero-order chi connectivity index (χ0) is 40.4. The number of fused-ring (bicyclic) bond motifs is 1. The van der Waals surface area contributed by atoms with Gasteiger partial charge in [0.2, 0.25) is 0 Å². The van der Waals surface area contributed by atoms with Crippen molar-refractivity contribution in [1.29, 1.82) is 0 Å². The summed E-state index contributed by atoms with van der Waals surface area (Å²) in [6, 6.07) is 70.2. The van der Waals surface area contributed by atoms with Gasteiger partial charge in [-0.05, 0) is 111 Å². The first-order valence-corrected chi connectivity index (χ1v) is 20.6. The summed E-state index contributed by atoms with van der Waals surface area (Å²) in [6.45, 7) is 2.22. The van der Waals surface area contributed by atoms with Crippen LogP contribution in [0.15, 0.2) is 210 Å². The molecule has 10 rings (SSSR count). The Balaban J connectivity index is 1.04. The van der Waals surface area contributed by atoms with Gasteiger partial charge < -0.3 is 21.3 Å². The van der Waals surface area contributed by atoms with Gasteiger partial charge in [0.25, 0.3) is 0 Å². The molecule has 8 aromatic rings. The predicted octanol–water partition coefficient (Wildman–Crippen LogP) is 12.7. The first-order valence-electron chi connectivity index (χ1n) is 20.6.